The maximum atomic E-state index is 2.61. The summed E-state index contributed by atoms with van der Waals surface area (Å²) in [5.74, 6) is 2.54. The summed E-state index contributed by atoms with van der Waals surface area (Å²) in [7, 11) is 2.22. The van der Waals surface area contributed by atoms with Crippen LogP contribution in [-0.4, -0.2) is 74.2 Å². The molecule has 122 valence electrons. The first-order valence-corrected chi connectivity index (χ1v) is 9.79. The number of anilines is 1. The van der Waals surface area contributed by atoms with E-state index in [1.165, 1.54) is 81.4 Å². The van der Waals surface area contributed by atoms with Gasteiger partial charge in [-0.3, -0.25) is 0 Å². The van der Waals surface area contributed by atoms with Gasteiger partial charge in [0.05, 0.1) is 0 Å². The SMILES string of the molecule is CN1CCN(CCCc2ccc(N3CCSCC3)cc2)CC1. The minimum Gasteiger partial charge on any atom is -0.370 e. The monoisotopic (exact) mass is 319 g/mol. The molecule has 2 heterocycles. The lowest BCUT2D eigenvalue weighted by molar-refractivity contribution is 0.153. The van der Waals surface area contributed by atoms with E-state index in [0.717, 1.165) is 0 Å². The summed E-state index contributed by atoms with van der Waals surface area (Å²) in [5.41, 5.74) is 2.90. The molecule has 0 spiro atoms. The Bertz CT molecular complexity index is 434. The normalized spacial score (nSPS) is 21.2. The molecule has 22 heavy (non-hydrogen) atoms. The van der Waals surface area contributed by atoms with Crippen molar-refractivity contribution in [2.75, 3.05) is 69.3 Å². The maximum absolute atomic E-state index is 2.61. The summed E-state index contributed by atoms with van der Waals surface area (Å²) in [6, 6.07) is 9.31. The zero-order valence-electron chi connectivity index (χ0n) is 13.8. The van der Waals surface area contributed by atoms with Crippen molar-refractivity contribution < 1.29 is 0 Å². The summed E-state index contributed by atoms with van der Waals surface area (Å²) < 4.78 is 0. The van der Waals surface area contributed by atoms with Crippen LogP contribution in [0.25, 0.3) is 0 Å². The van der Waals surface area contributed by atoms with Gasteiger partial charge in [-0.05, 0) is 44.1 Å². The Balaban J connectivity index is 1.41. The van der Waals surface area contributed by atoms with Crippen molar-refractivity contribution in [2.24, 2.45) is 0 Å². The van der Waals surface area contributed by atoms with Gasteiger partial charge in [0.1, 0.15) is 0 Å². The first kappa shape index (κ1) is 16.2. The van der Waals surface area contributed by atoms with Crippen molar-refractivity contribution in [1.29, 1.82) is 0 Å². The molecule has 4 heteroatoms. The van der Waals surface area contributed by atoms with Crippen LogP contribution in [0.2, 0.25) is 0 Å². The van der Waals surface area contributed by atoms with Crippen LogP contribution in [0.15, 0.2) is 24.3 Å². The molecule has 0 aliphatic carbocycles. The van der Waals surface area contributed by atoms with Gasteiger partial charge in [0.25, 0.3) is 0 Å². The number of piperazine rings is 1. The van der Waals surface area contributed by atoms with E-state index in [2.05, 4.69) is 57.8 Å². The summed E-state index contributed by atoms with van der Waals surface area (Å²) >= 11 is 2.07. The maximum Gasteiger partial charge on any atom is 0.0366 e. The molecule has 1 aromatic carbocycles. The molecule has 0 radical (unpaired) electrons. The molecule has 2 aliphatic heterocycles. The van der Waals surface area contributed by atoms with E-state index in [9.17, 15) is 0 Å². The molecule has 0 bridgehead atoms. The molecule has 3 nitrogen and oxygen atoms in total. The highest BCUT2D eigenvalue weighted by atomic mass is 32.2. The fourth-order valence-corrected chi connectivity index (χ4v) is 4.18. The average molecular weight is 320 g/mol. The number of nitrogens with zero attached hydrogens (tertiary/aromatic N) is 3. The van der Waals surface area contributed by atoms with E-state index < -0.39 is 0 Å². The number of hydrogen-bond donors (Lipinski definition) is 0. The van der Waals surface area contributed by atoms with Crippen LogP contribution in [0.5, 0.6) is 0 Å². The van der Waals surface area contributed by atoms with Gasteiger partial charge in [-0.1, -0.05) is 12.1 Å². The second-order valence-electron chi connectivity index (χ2n) is 6.51. The molecule has 3 rings (SSSR count). The fourth-order valence-electron chi connectivity index (χ4n) is 3.27. The molecule has 0 aromatic heterocycles. The Morgan fingerprint density at radius 1 is 0.909 bits per heavy atom. The number of hydrogen-bond acceptors (Lipinski definition) is 4. The van der Waals surface area contributed by atoms with Crippen molar-refractivity contribution >= 4 is 17.4 Å². The first-order chi connectivity index (χ1) is 10.8. The van der Waals surface area contributed by atoms with Gasteiger partial charge in [0.15, 0.2) is 0 Å². The molecule has 1 aromatic rings. The van der Waals surface area contributed by atoms with Crippen LogP contribution >= 0.6 is 11.8 Å². The van der Waals surface area contributed by atoms with Gasteiger partial charge >= 0.3 is 0 Å². The molecule has 2 aliphatic rings. The van der Waals surface area contributed by atoms with Gasteiger partial charge in [0, 0.05) is 56.5 Å². The predicted octanol–water partition coefficient (Wildman–Crippen LogP) is 2.42. The zero-order valence-corrected chi connectivity index (χ0v) is 14.7. The van der Waals surface area contributed by atoms with Crippen molar-refractivity contribution in [3.63, 3.8) is 0 Å². The number of thioether (sulfide) groups is 1. The molecule has 2 fully saturated rings. The van der Waals surface area contributed by atoms with E-state index in [1.807, 2.05) is 0 Å². The lowest BCUT2D eigenvalue weighted by Crippen LogP contribution is -2.44. The van der Waals surface area contributed by atoms with Crippen molar-refractivity contribution in [3.05, 3.63) is 29.8 Å². The Morgan fingerprint density at radius 2 is 1.59 bits per heavy atom. The second kappa shape index (κ2) is 8.23. The first-order valence-electron chi connectivity index (χ1n) is 8.64. The summed E-state index contributed by atoms with van der Waals surface area (Å²) in [5, 5.41) is 0. The van der Waals surface area contributed by atoms with Crippen LogP contribution in [0.1, 0.15) is 12.0 Å². The highest BCUT2D eigenvalue weighted by Gasteiger charge is 2.13. The number of aryl methyl sites for hydroxylation is 1. The number of rotatable bonds is 5. The van der Waals surface area contributed by atoms with Crippen LogP contribution in [0, 0.1) is 0 Å². The predicted molar refractivity (Wildman–Crippen MR) is 98.2 cm³/mol. The van der Waals surface area contributed by atoms with Crippen molar-refractivity contribution in [2.45, 2.75) is 12.8 Å². The van der Waals surface area contributed by atoms with Gasteiger partial charge < -0.3 is 14.7 Å². The zero-order chi connectivity index (χ0) is 15.2. The summed E-state index contributed by atoms with van der Waals surface area (Å²) in [4.78, 5) is 7.55. The minimum atomic E-state index is 1.20. The van der Waals surface area contributed by atoms with Crippen LogP contribution in [0.3, 0.4) is 0 Å². The van der Waals surface area contributed by atoms with Crippen LogP contribution in [-0.2, 0) is 6.42 Å². The van der Waals surface area contributed by atoms with Crippen molar-refractivity contribution in [1.82, 2.24) is 9.80 Å². The Morgan fingerprint density at radius 3 is 2.27 bits per heavy atom. The molecular weight excluding hydrogens is 290 g/mol. The number of likely N-dealkylation sites (N-methyl/N-ethyl adjacent to an activating group) is 1. The third-order valence-electron chi connectivity index (χ3n) is 4.85. The molecule has 0 N–H and O–H groups in total. The summed E-state index contributed by atoms with van der Waals surface area (Å²) in [6.45, 7) is 8.58. The Kier molecular flexibility index (Phi) is 6.04. The molecule has 0 atom stereocenters. The molecule has 2 saturated heterocycles. The summed E-state index contributed by atoms with van der Waals surface area (Å²) in [6.07, 6.45) is 2.49. The third kappa shape index (κ3) is 4.64. The smallest absolute Gasteiger partial charge is 0.0366 e. The second-order valence-corrected chi connectivity index (χ2v) is 7.74. The van der Waals surface area contributed by atoms with Crippen molar-refractivity contribution in [3.8, 4) is 0 Å². The highest BCUT2D eigenvalue weighted by Crippen LogP contribution is 2.20. The minimum absolute atomic E-state index is 1.20. The Hall–Kier alpha value is -0.710. The molecule has 0 amide bonds. The highest BCUT2D eigenvalue weighted by molar-refractivity contribution is 7.99. The molecule has 0 unspecified atom stereocenters. The van der Waals surface area contributed by atoms with Gasteiger partial charge in [0.2, 0.25) is 0 Å². The van der Waals surface area contributed by atoms with E-state index in [1.54, 1.807) is 0 Å². The lowest BCUT2D eigenvalue weighted by Gasteiger charge is -2.32. The standard InChI is InChI=1S/C18H29N3S/c1-19-9-11-20(12-10-19)8-2-3-17-4-6-18(7-5-17)21-13-15-22-16-14-21/h4-7H,2-3,8-16H2,1H3. The average Bonchev–Trinajstić information content (AvgIpc) is 2.58. The topological polar surface area (TPSA) is 9.72 Å². The van der Waals surface area contributed by atoms with Gasteiger partial charge in [-0.25, -0.2) is 0 Å². The lowest BCUT2D eigenvalue weighted by atomic mass is 10.1. The quantitative estimate of drug-likeness (QED) is 0.824. The Labute approximate surface area is 139 Å². The largest absolute Gasteiger partial charge is 0.370 e. The molecular formula is C18H29N3S. The van der Waals surface area contributed by atoms with E-state index >= 15 is 0 Å². The number of benzene rings is 1. The van der Waals surface area contributed by atoms with Crippen LogP contribution in [0.4, 0.5) is 5.69 Å². The van der Waals surface area contributed by atoms with E-state index in [-0.39, 0.29) is 0 Å². The van der Waals surface area contributed by atoms with Crippen LogP contribution < -0.4 is 4.90 Å². The molecule has 0 saturated carbocycles. The van der Waals surface area contributed by atoms with E-state index in [4.69, 9.17) is 0 Å². The fraction of sp³-hybridized carbons (Fsp3) is 0.667. The third-order valence-corrected chi connectivity index (χ3v) is 5.79. The van der Waals surface area contributed by atoms with Gasteiger partial charge in [-0.2, -0.15) is 11.8 Å². The van der Waals surface area contributed by atoms with E-state index in [0.29, 0.717) is 0 Å². The van der Waals surface area contributed by atoms with Gasteiger partial charge in [-0.15, -0.1) is 0 Å².